The van der Waals surface area contributed by atoms with Crippen molar-refractivity contribution in [1.29, 1.82) is 0 Å². The van der Waals surface area contributed by atoms with Crippen molar-refractivity contribution in [1.82, 2.24) is 20.2 Å². The molecule has 1 fully saturated rings. The van der Waals surface area contributed by atoms with Crippen LogP contribution in [0.15, 0.2) is 23.4 Å². The van der Waals surface area contributed by atoms with Crippen LogP contribution in [0.5, 0.6) is 5.75 Å². The number of nitrogen functional groups attached to an aromatic ring is 1. The van der Waals surface area contributed by atoms with Gasteiger partial charge in [0.25, 0.3) is 0 Å². The summed E-state index contributed by atoms with van der Waals surface area (Å²) >= 11 is 1.30. The van der Waals surface area contributed by atoms with E-state index in [2.05, 4.69) is 41.5 Å². The fourth-order valence-corrected chi connectivity index (χ4v) is 3.43. The monoisotopic (exact) mass is 389 g/mol. The Morgan fingerprint density at radius 2 is 2.11 bits per heavy atom. The summed E-state index contributed by atoms with van der Waals surface area (Å²) in [6.45, 7) is 8.35. The van der Waals surface area contributed by atoms with Crippen molar-refractivity contribution >= 4 is 17.7 Å². The zero-order valence-electron chi connectivity index (χ0n) is 16.2. The SMILES string of the molecule is Cc1ccc(C(C)C)c(OCc2nnc(SC(C)C(=O)NC3CC3)n2N)c1. The summed E-state index contributed by atoms with van der Waals surface area (Å²) < 4.78 is 7.38. The summed E-state index contributed by atoms with van der Waals surface area (Å²) in [7, 11) is 0. The zero-order valence-corrected chi connectivity index (χ0v) is 17.0. The maximum absolute atomic E-state index is 12.1. The highest BCUT2D eigenvalue weighted by Crippen LogP contribution is 2.28. The molecule has 0 saturated heterocycles. The maximum Gasteiger partial charge on any atom is 0.233 e. The van der Waals surface area contributed by atoms with Crippen LogP contribution in [0, 0.1) is 6.92 Å². The fraction of sp³-hybridized carbons (Fsp3) is 0.526. The topological polar surface area (TPSA) is 95.1 Å². The average molecular weight is 390 g/mol. The van der Waals surface area contributed by atoms with E-state index in [-0.39, 0.29) is 17.8 Å². The van der Waals surface area contributed by atoms with Crippen LogP contribution < -0.4 is 15.9 Å². The van der Waals surface area contributed by atoms with Gasteiger partial charge in [-0.2, -0.15) is 0 Å². The molecule has 1 aliphatic carbocycles. The predicted octanol–water partition coefficient (Wildman–Crippen LogP) is 2.76. The van der Waals surface area contributed by atoms with E-state index in [1.807, 2.05) is 19.9 Å². The van der Waals surface area contributed by atoms with Gasteiger partial charge in [0.05, 0.1) is 5.25 Å². The second-order valence-electron chi connectivity index (χ2n) is 7.30. The molecule has 1 unspecified atom stereocenters. The van der Waals surface area contributed by atoms with E-state index in [1.165, 1.54) is 16.4 Å². The van der Waals surface area contributed by atoms with E-state index in [9.17, 15) is 4.79 Å². The summed E-state index contributed by atoms with van der Waals surface area (Å²) in [5.74, 6) is 7.83. The Kier molecular flexibility index (Phi) is 5.94. The van der Waals surface area contributed by atoms with Gasteiger partial charge in [0.15, 0.2) is 5.82 Å². The molecule has 8 heteroatoms. The number of benzene rings is 1. The first-order valence-electron chi connectivity index (χ1n) is 9.25. The lowest BCUT2D eigenvalue weighted by atomic mass is 10.0. The molecule has 0 aliphatic heterocycles. The average Bonchev–Trinajstić information content (AvgIpc) is 3.37. The molecule has 3 N–H and O–H groups in total. The number of carbonyl (C=O) groups excluding carboxylic acids is 1. The summed E-state index contributed by atoms with van der Waals surface area (Å²) in [6.07, 6.45) is 2.13. The minimum absolute atomic E-state index is 0.00429. The van der Waals surface area contributed by atoms with Crippen LogP contribution in [-0.2, 0) is 11.4 Å². The quantitative estimate of drug-likeness (QED) is 0.532. The smallest absolute Gasteiger partial charge is 0.233 e. The van der Waals surface area contributed by atoms with Gasteiger partial charge in [0.1, 0.15) is 12.4 Å². The molecule has 146 valence electrons. The highest BCUT2D eigenvalue weighted by molar-refractivity contribution is 8.00. The highest BCUT2D eigenvalue weighted by atomic mass is 32.2. The molecular weight excluding hydrogens is 362 g/mol. The van der Waals surface area contributed by atoms with Crippen molar-refractivity contribution in [2.75, 3.05) is 5.84 Å². The largest absolute Gasteiger partial charge is 0.485 e. The lowest BCUT2D eigenvalue weighted by molar-refractivity contribution is -0.120. The van der Waals surface area contributed by atoms with Crippen LogP contribution in [0.25, 0.3) is 0 Å². The lowest BCUT2D eigenvalue weighted by Crippen LogP contribution is -2.32. The number of hydrogen-bond donors (Lipinski definition) is 2. The normalized spacial score (nSPS) is 15.0. The van der Waals surface area contributed by atoms with E-state index < -0.39 is 0 Å². The van der Waals surface area contributed by atoms with Gasteiger partial charge in [0, 0.05) is 6.04 Å². The van der Waals surface area contributed by atoms with E-state index >= 15 is 0 Å². The second-order valence-corrected chi connectivity index (χ2v) is 8.60. The molecule has 0 radical (unpaired) electrons. The van der Waals surface area contributed by atoms with Gasteiger partial charge in [-0.3, -0.25) is 4.79 Å². The molecule has 1 heterocycles. The molecule has 0 bridgehead atoms. The first-order chi connectivity index (χ1) is 12.8. The molecule has 1 atom stereocenters. The molecule has 7 nitrogen and oxygen atoms in total. The Balaban J connectivity index is 1.64. The first kappa shape index (κ1) is 19.5. The van der Waals surface area contributed by atoms with Crippen molar-refractivity contribution in [2.24, 2.45) is 0 Å². The lowest BCUT2D eigenvalue weighted by Gasteiger charge is -2.15. The van der Waals surface area contributed by atoms with Crippen molar-refractivity contribution in [2.45, 2.75) is 69.5 Å². The van der Waals surface area contributed by atoms with E-state index in [1.54, 1.807) is 0 Å². The molecule has 27 heavy (non-hydrogen) atoms. The number of carbonyl (C=O) groups is 1. The molecule has 1 aromatic heterocycles. The van der Waals surface area contributed by atoms with Crippen LogP contribution in [0.3, 0.4) is 0 Å². The van der Waals surface area contributed by atoms with Gasteiger partial charge >= 0.3 is 0 Å². The van der Waals surface area contributed by atoms with Gasteiger partial charge in [-0.15, -0.1) is 10.2 Å². The van der Waals surface area contributed by atoms with Crippen molar-refractivity contribution < 1.29 is 9.53 Å². The molecular formula is C19H27N5O2S. The number of nitrogens with two attached hydrogens (primary N) is 1. The molecule has 1 aromatic carbocycles. The Bertz CT molecular complexity index is 816. The first-order valence-corrected chi connectivity index (χ1v) is 10.1. The Labute approximate surface area is 164 Å². The van der Waals surface area contributed by atoms with Gasteiger partial charge in [0.2, 0.25) is 11.1 Å². The van der Waals surface area contributed by atoms with Gasteiger partial charge in [-0.25, -0.2) is 4.68 Å². The van der Waals surface area contributed by atoms with E-state index in [4.69, 9.17) is 10.6 Å². The van der Waals surface area contributed by atoms with Crippen LogP contribution in [-0.4, -0.2) is 32.1 Å². The fourth-order valence-electron chi connectivity index (χ4n) is 2.63. The van der Waals surface area contributed by atoms with Gasteiger partial charge in [-0.1, -0.05) is 37.7 Å². The minimum Gasteiger partial charge on any atom is -0.485 e. The predicted molar refractivity (Wildman–Crippen MR) is 106 cm³/mol. The van der Waals surface area contributed by atoms with Gasteiger partial charge < -0.3 is 15.9 Å². The number of nitrogens with one attached hydrogen (secondary N) is 1. The van der Waals surface area contributed by atoms with Crippen LogP contribution in [0.1, 0.15) is 56.5 Å². The maximum atomic E-state index is 12.1. The summed E-state index contributed by atoms with van der Waals surface area (Å²) in [6, 6.07) is 6.53. The second kappa shape index (κ2) is 8.21. The Morgan fingerprint density at radius 3 is 2.78 bits per heavy atom. The van der Waals surface area contributed by atoms with Crippen LogP contribution in [0.2, 0.25) is 0 Å². The van der Waals surface area contributed by atoms with Crippen molar-refractivity contribution in [3.8, 4) is 5.75 Å². The molecule has 3 rings (SSSR count). The number of ether oxygens (including phenoxy) is 1. The van der Waals surface area contributed by atoms with Crippen molar-refractivity contribution in [3.63, 3.8) is 0 Å². The molecule has 1 amide bonds. The summed E-state index contributed by atoms with van der Waals surface area (Å²) in [4.78, 5) is 12.1. The number of amides is 1. The molecule has 1 saturated carbocycles. The van der Waals surface area contributed by atoms with Crippen LogP contribution >= 0.6 is 11.8 Å². The summed E-state index contributed by atoms with van der Waals surface area (Å²) in [5.41, 5.74) is 2.28. The third-order valence-electron chi connectivity index (χ3n) is 4.46. The number of nitrogens with zero attached hydrogens (tertiary/aromatic N) is 3. The number of thioether (sulfide) groups is 1. The van der Waals surface area contributed by atoms with E-state index in [0.717, 1.165) is 29.7 Å². The third-order valence-corrected chi connectivity index (χ3v) is 5.51. The minimum atomic E-state index is -0.282. The number of hydrogen-bond acceptors (Lipinski definition) is 6. The van der Waals surface area contributed by atoms with Crippen molar-refractivity contribution in [3.05, 3.63) is 35.2 Å². The number of rotatable bonds is 8. The molecule has 0 spiro atoms. The third kappa shape index (κ3) is 4.94. The number of aryl methyl sites for hydroxylation is 1. The Morgan fingerprint density at radius 1 is 1.37 bits per heavy atom. The van der Waals surface area contributed by atoms with Crippen LogP contribution in [0.4, 0.5) is 0 Å². The van der Waals surface area contributed by atoms with E-state index in [0.29, 0.717) is 22.9 Å². The van der Waals surface area contributed by atoms with Gasteiger partial charge in [-0.05, 0) is 49.8 Å². The number of aromatic nitrogens is 3. The summed E-state index contributed by atoms with van der Waals surface area (Å²) in [5, 5.41) is 11.4. The Hall–Kier alpha value is -2.22. The standard InChI is InChI=1S/C19H27N5O2S/c1-11(2)15-8-5-12(3)9-16(15)26-10-17-22-23-19(24(17)20)27-13(4)18(25)21-14-6-7-14/h5,8-9,11,13-14H,6-7,10,20H2,1-4H3,(H,21,25). The molecule has 2 aromatic rings. The highest BCUT2D eigenvalue weighted by Gasteiger charge is 2.27. The zero-order chi connectivity index (χ0) is 19.6. The molecule has 1 aliphatic rings.